The molecule has 1 N–H and O–H groups in total. The summed E-state index contributed by atoms with van der Waals surface area (Å²) in [6.45, 7) is 1.18. The second-order valence-corrected chi connectivity index (χ2v) is 6.86. The van der Waals surface area contributed by atoms with Gasteiger partial charge in [0.15, 0.2) is 0 Å². The molecule has 0 bridgehead atoms. The summed E-state index contributed by atoms with van der Waals surface area (Å²) in [6.07, 6.45) is 3.01. The largest absolute Gasteiger partial charge is 0.496 e. The Balaban J connectivity index is 1.37. The van der Waals surface area contributed by atoms with E-state index in [0.717, 1.165) is 5.56 Å². The van der Waals surface area contributed by atoms with Crippen molar-refractivity contribution in [3.63, 3.8) is 0 Å². The molecule has 0 aliphatic carbocycles. The molecule has 1 aliphatic rings. The van der Waals surface area contributed by atoms with Crippen molar-refractivity contribution in [2.75, 3.05) is 27.3 Å². The number of rotatable bonds is 6. The summed E-state index contributed by atoms with van der Waals surface area (Å²) in [5.74, 6) is 1.11. The lowest BCUT2D eigenvalue weighted by molar-refractivity contribution is 0.0581. The third kappa shape index (κ3) is 4.19. The van der Waals surface area contributed by atoms with Gasteiger partial charge < -0.3 is 19.1 Å². The molecule has 1 amide bonds. The molecule has 3 aromatic rings. The Hall–Kier alpha value is -3.62. The number of aromatic nitrogens is 4. The van der Waals surface area contributed by atoms with E-state index in [2.05, 4.69) is 20.2 Å². The van der Waals surface area contributed by atoms with Crippen LogP contribution in [-0.4, -0.2) is 64.4 Å². The van der Waals surface area contributed by atoms with Crippen LogP contribution in [0.1, 0.15) is 23.3 Å². The summed E-state index contributed by atoms with van der Waals surface area (Å²) in [7, 11) is 3.12. The summed E-state index contributed by atoms with van der Waals surface area (Å²) < 4.78 is 16.3. The molecule has 1 fully saturated rings. The van der Waals surface area contributed by atoms with E-state index in [4.69, 9.17) is 14.2 Å². The van der Waals surface area contributed by atoms with Gasteiger partial charge in [-0.2, -0.15) is 10.1 Å². The summed E-state index contributed by atoms with van der Waals surface area (Å²) in [5, 5.41) is 7.15. The second-order valence-electron chi connectivity index (χ2n) is 6.86. The number of aromatic amines is 1. The summed E-state index contributed by atoms with van der Waals surface area (Å²) in [4.78, 5) is 22.8. The van der Waals surface area contributed by atoms with Crippen LogP contribution < -0.4 is 14.2 Å². The van der Waals surface area contributed by atoms with Gasteiger partial charge in [0.25, 0.3) is 5.91 Å². The van der Waals surface area contributed by atoms with Gasteiger partial charge in [-0.05, 0) is 18.2 Å². The van der Waals surface area contributed by atoms with Crippen molar-refractivity contribution in [1.82, 2.24) is 25.1 Å². The molecule has 0 radical (unpaired) electrons. The number of carbonyl (C=O) groups excluding carboxylic acids is 1. The number of nitrogens with zero attached hydrogens (tertiary/aromatic N) is 4. The van der Waals surface area contributed by atoms with Gasteiger partial charge in [0.05, 0.1) is 19.9 Å². The highest BCUT2D eigenvalue weighted by Gasteiger charge is 2.26. The van der Waals surface area contributed by atoms with Gasteiger partial charge in [-0.1, -0.05) is 12.1 Å². The van der Waals surface area contributed by atoms with E-state index in [-0.39, 0.29) is 18.0 Å². The van der Waals surface area contributed by atoms with Gasteiger partial charge in [0.2, 0.25) is 5.88 Å². The van der Waals surface area contributed by atoms with Crippen LogP contribution in [-0.2, 0) is 0 Å². The highest BCUT2D eigenvalue weighted by molar-refractivity contribution is 5.93. The van der Waals surface area contributed by atoms with Crippen LogP contribution in [0.15, 0.2) is 42.6 Å². The smallest absolute Gasteiger partial charge is 0.319 e. The number of likely N-dealkylation sites (tertiary alicyclic amines) is 1. The highest BCUT2D eigenvalue weighted by atomic mass is 16.5. The number of hydrogen-bond donors (Lipinski definition) is 1. The third-order valence-electron chi connectivity index (χ3n) is 5.00. The molecule has 9 nitrogen and oxygen atoms in total. The SMILES string of the molecule is COc1nccc(OC2CCN(C(=O)c3cc(-c4ccccc4OC)n[nH]3)CC2)n1. The molecule has 9 heteroatoms. The number of carbonyl (C=O) groups is 1. The van der Waals surface area contributed by atoms with Crippen LogP contribution in [0.25, 0.3) is 11.3 Å². The highest BCUT2D eigenvalue weighted by Crippen LogP contribution is 2.28. The van der Waals surface area contributed by atoms with Crippen molar-refractivity contribution in [3.05, 3.63) is 48.3 Å². The van der Waals surface area contributed by atoms with Gasteiger partial charge in [-0.15, -0.1) is 0 Å². The summed E-state index contributed by atoms with van der Waals surface area (Å²) in [5.41, 5.74) is 1.96. The van der Waals surface area contributed by atoms with E-state index >= 15 is 0 Å². The van der Waals surface area contributed by atoms with Gasteiger partial charge in [0, 0.05) is 43.8 Å². The molecule has 4 rings (SSSR count). The summed E-state index contributed by atoms with van der Waals surface area (Å²) >= 11 is 0. The lowest BCUT2D eigenvalue weighted by Crippen LogP contribution is -2.42. The molecule has 0 saturated carbocycles. The van der Waals surface area contributed by atoms with E-state index in [1.165, 1.54) is 7.11 Å². The topological polar surface area (TPSA) is 102 Å². The average Bonchev–Trinajstić information content (AvgIpc) is 3.29. The second kappa shape index (κ2) is 8.81. The Morgan fingerprint density at radius 3 is 2.70 bits per heavy atom. The number of methoxy groups -OCH3 is 2. The molecule has 0 spiro atoms. The number of piperidine rings is 1. The maximum Gasteiger partial charge on any atom is 0.319 e. The van der Waals surface area contributed by atoms with Crippen molar-refractivity contribution >= 4 is 5.91 Å². The predicted molar refractivity (Wildman–Crippen MR) is 109 cm³/mol. The first kappa shape index (κ1) is 19.7. The number of benzene rings is 1. The normalized spacial score (nSPS) is 14.4. The molecular weight excluding hydrogens is 386 g/mol. The van der Waals surface area contributed by atoms with E-state index in [1.807, 2.05) is 24.3 Å². The average molecular weight is 409 g/mol. The zero-order chi connectivity index (χ0) is 20.9. The first-order chi connectivity index (χ1) is 14.7. The molecule has 0 unspecified atom stereocenters. The zero-order valence-electron chi connectivity index (χ0n) is 16.9. The fourth-order valence-electron chi connectivity index (χ4n) is 3.43. The number of nitrogens with one attached hydrogen (secondary N) is 1. The number of ether oxygens (including phenoxy) is 3. The minimum Gasteiger partial charge on any atom is -0.496 e. The Bertz CT molecular complexity index is 1010. The molecule has 30 heavy (non-hydrogen) atoms. The number of H-pyrrole nitrogens is 1. The van der Waals surface area contributed by atoms with Crippen molar-refractivity contribution in [2.45, 2.75) is 18.9 Å². The number of hydrogen-bond acceptors (Lipinski definition) is 7. The van der Waals surface area contributed by atoms with Crippen LogP contribution in [0.3, 0.4) is 0 Å². The predicted octanol–water partition coefficient (Wildman–Crippen LogP) is 2.57. The fraction of sp³-hybridized carbons (Fsp3) is 0.333. The maximum atomic E-state index is 12.9. The van der Waals surface area contributed by atoms with Crippen molar-refractivity contribution in [2.24, 2.45) is 0 Å². The number of para-hydroxylation sites is 1. The van der Waals surface area contributed by atoms with Gasteiger partial charge in [-0.25, -0.2) is 4.98 Å². The Labute approximate surface area is 174 Å². The van der Waals surface area contributed by atoms with Crippen LogP contribution in [0.2, 0.25) is 0 Å². The fourth-order valence-corrected chi connectivity index (χ4v) is 3.43. The monoisotopic (exact) mass is 409 g/mol. The quantitative estimate of drug-likeness (QED) is 0.667. The van der Waals surface area contributed by atoms with Crippen molar-refractivity contribution in [1.29, 1.82) is 0 Å². The van der Waals surface area contributed by atoms with Crippen LogP contribution >= 0.6 is 0 Å². The van der Waals surface area contributed by atoms with Gasteiger partial charge >= 0.3 is 6.01 Å². The molecule has 1 aromatic carbocycles. The molecule has 3 heterocycles. The Morgan fingerprint density at radius 1 is 1.13 bits per heavy atom. The molecule has 156 valence electrons. The number of amides is 1. The first-order valence-electron chi connectivity index (χ1n) is 9.69. The van der Waals surface area contributed by atoms with Crippen LogP contribution in [0.4, 0.5) is 0 Å². The minimum absolute atomic E-state index is 0.0143. The molecule has 1 aliphatic heterocycles. The van der Waals surface area contributed by atoms with E-state index < -0.39 is 0 Å². The molecule has 0 atom stereocenters. The lowest BCUT2D eigenvalue weighted by Gasteiger charge is -2.31. The maximum absolute atomic E-state index is 12.9. The zero-order valence-corrected chi connectivity index (χ0v) is 16.9. The molecule has 1 saturated heterocycles. The van der Waals surface area contributed by atoms with E-state index in [9.17, 15) is 4.79 Å². The Kier molecular flexibility index (Phi) is 5.78. The standard InChI is InChI=1S/C21H23N5O4/c1-28-18-6-4-3-5-15(18)16-13-17(25-24-16)20(27)26-11-8-14(9-12-26)30-19-7-10-22-21(23-19)29-2/h3-7,10,13-14H,8-9,11-12H2,1-2H3,(H,24,25). The summed E-state index contributed by atoms with van der Waals surface area (Å²) in [6, 6.07) is 11.3. The lowest BCUT2D eigenvalue weighted by atomic mass is 10.1. The van der Waals surface area contributed by atoms with Crippen molar-refractivity contribution < 1.29 is 19.0 Å². The van der Waals surface area contributed by atoms with Crippen molar-refractivity contribution in [3.8, 4) is 28.9 Å². The third-order valence-corrected chi connectivity index (χ3v) is 5.00. The minimum atomic E-state index is -0.0780. The van der Waals surface area contributed by atoms with E-state index in [0.29, 0.717) is 48.9 Å². The van der Waals surface area contributed by atoms with Crippen LogP contribution in [0.5, 0.6) is 17.6 Å². The van der Waals surface area contributed by atoms with Gasteiger partial charge in [0.1, 0.15) is 17.5 Å². The molecular formula is C21H23N5O4. The first-order valence-corrected chi connectivity index (χ1v) is 9.69. The van der Waals surface area contributed by atoms with E-state index in [1.54, 1.807) is 30.3 Å². The Morgan fingerprint density at radius 2 is 1.93 bits per heavy atom. The van der Waals surface area contributed by atoms with Gasteiger partial charge in [-0.3, -0.25) is 9.89 Å². The molecule has 2 aromatic heterocycles. The van der Waals surface area contributed by atoms with Crippen LogP contribution in [0, 0.1) is 0 Å².